The number of hydrogen-bond donors (Lipinski definition) is 1. The van der Waals surface area contributed by atoms with Crippen LogP contribution in [0.4, 0.5) is 18.9 Å². The van der Waals surface area contributed by atoms with Crippen LogP contribution in [-0.4, -0.2) is 32.7 Å². The Morgan fingerprint density at radius 3 is 2.10 bits per heavy atom. The number of carbonyl (C=O) groups excluding carboxylic acids is 2. The number of hydrogen-bond acceptors (Lipinski definition) is 5. The maximum absolute atomic E-state index is 12.5. The van der Waals surface area contributed by atoms with Gasteiger partial charge in [0.15, 0.2) is 6.61 Å². The molecule has 0 atom stereocenters. The van der Waals surface area contributed by atoms with Crippen LogP contribution in [0.15, 0.2) is 48.5 Å². The Hall–Kier alpha value is -3.49. The van der Waals surface area contributed by atoms with Gasteiger partial charge in [-0.1, -0.05) is 12.1 Å². The molecule has 2 aromatic carbocycles. The molecule has 0 saturated carbocycles. The molecule has 0 saturated heterocycles. The van der Waals surface area contributed by atoms with Gasteiger partial charge in [0.2, 0.25) is 0 Å². The average molecular weight is 409 g/mol. The molecule has 0 radical (unpaired) electrons. The van der Waals surface area contributed by atoms with Crippen molar-refractivity contribution in [2.24, 2.45) is 0 Å². The lowest BCUT2D eigenvalue weighted by Crippen LogP contribution is -2.20. The van der Waals surface area contributed by atoms with Crippen LogP contribution in [0.1, 0.15) is 11.1 Å². The van der Waals surface area contributed by atoms with Gasteiger partial charge in [-0.2, -0.15) is 13.2 Å². The van der Waals surface area contributed by atoms with Gasteiger partial charge in [0.1, 0.15) is 11.5 Å². The quantitative estimate of drug-likeness (QED) is 0.554. The van der Waals surface area contributed by atoms with Gasteiger partial charge in [0, 0.05) is 30.0 Å². The summed E-state index contributed by atoms with van der Waals surface area (Å²) < 4.78 is 52.5. The van der Waals surface area contributed by atoms with Crippen LogP contribution in [0.25, 0.3) is 6.08 Å². The molecule has 1 amide bonds. The Bertz CT molecular complexity index is 870. The van der Waals surface area contributed by atoms with E-state index in [4.69, 9.17) is 14.2 Å². The third-order valence-corrected chi connectivity index (χ3v) is 3.63. The molecule has 9 heteroatoms. The number of nitrogens with one attached hydrogen (secondary N) is 1. The third kappa shape index (κ3) is 6.87. The summed E-state index contributed by atoms with van der Waals surface area (Å²) in [4.78, 5) is 23.6. The van der Waals surface area contributed by atoms with Crippen molar-refractivity contribution < 1.29 is 37.0 Å². The molecule has 0 unspecified atom stereocenters. The second-order valence-corrected chi connectivity index (χ2v) is 5.71. The molecule has 6 nitrogen and oxygen atoms in total. The Balaban J connectivity index is 1.87. The van der Waals surface area contributed by atoms with Gasteiger partial charge >= 0.3 is 12.1 Å². The first-order valence-corrected chi connectivity index (χ1v) is 8.26. The first-order valence-electron chi connectivity index (χ1n) is 8.26. The predicted octanol–water partition coefficient (Wildman–Crippen LogP) is 3.92. The molecule has 0 aliphatic carbocycles. The fourth-order valence-electron chi connectivity index (χ4n) is 2.21. The van der Waals surface area contributed by atoms with E-state index < -0.39 is 30.2 Å². The van der Waals surface area contributed by atoms with E-state index in [-0.39, 0.29) is 0 Å². The fourth-order valence-corrected chi connectivity index (χ4v) is 2.21. The number of anilines is 1. The summed E-state index contributed by atoms with van der Waals surface area (Å²) in [6.07, 6.45) is -2.13. The molecule has 0 heterocycles. The summed E-state index contributed by atoms with van der Waals surface area (Å²) in [5.74, 6) is -0.466. The van der Waals surface area contributed by atoms with Crippen molar-refractivity contribution in [3.05, 3.63) is 59.7 Å². The zero-order valence-corrected chi connectivity index (χ0v) is 15.6. The maximum Gasteiger partial charge on any atom is 0.416 e. The number of rotatable bonds is 7. The zero-order valence-electron chi connectivity index (χ0n) is 15.6. The van der Waals surface area contributed by atoms with E-state index in [1.807, 2.05) is 0 Å². The Labute approximate surface area is 164 Å². The van der Waals surface area contributed by atoms with E-state index in [9.17, 15) is 22.8 Å². The molecular formula is C20H18F3NO5. The predicted molar refractivity (Wildman–Crippen MR) is 99.6 cm³/mol. The van der Waals surface area contributed by atoms with Crippen molar-refractivity contribution in [2.45, 2.75) is 6.18 Å². The van der Waals surface area contributed by atoms with Gasteiger partial charge in [-0.05, 0) is 23.8 Å². The van der Waals surface area contributed by atoms with E-state index >= 15 is 0 Å². The number of halogens is 3. The minimum atomic E-state index is -4.43. The highest BCUT2D eigenvalue weighted by Crippen LogP contribution is 2.29. The molecule has 0 bridgehead atoms. The van der Waals surface area contributed by atoms with Gasteiger partial charge in [-0.25, -0.2) is 4.79 Å². The largest absolute Gasteiger partial charge is 0.497 e. The average Bonchev–Trinajstić information content (AvgIpc) is 2.70. The maximum atomic E-state index is 12.5. The molecule has 0 aliphatic rings. The van der Waals surface area contributed by atoms with Gasteiger partial charge in [-0.15, -0.1) is 0 Å². The molecule has 29 heavy (non-hydrogen) atoms. The Morgan fingerprint density at radius 1 is 1.00 bits per heavy atom. The Kier molecular flexibility index (Phi) is 7.24. The molecule has 0 fully saturated rings. The fraction of sp³-hybridized carbons (Fsp3) is 0.200. The van der Waals surface area contributed by atoms with Crippen molar-refractivity contribution in [1.29, 1.82) is 0 Å². The number of ether oxygens (including phenoxy) is 3. The third-order valence-electron chi connectivity index (χ3n) is 3.63. The van der Waals surface area contributed by atoms with Gasteiger partial charge in [0.05, 0.1) is 19.8 Å². The molecule has 2 aromatic rings. The van der Waals surface area contributed by atoms with Crippen molar-refractivity contribution in [3.63, 3.8) is 0 Å². The van der Waals surface area contributed by atoms with E-state index in [0.717, 1.165) is 18.2 Å². The molecule has 0 aromatic heterocycles. The van der Waals surface area contributed by atoms with Crippen molar-refractivity contribution in [1.82, 2.24) is 0 Å². The van der Waals surface area contributed by atoms with E-state index in [2.05, 4.69) is 5.32 Å². The van der Waals surface area contributed by atoms with Crippen LogP contribution in [0.5, 0.6) is 11.5 Å². The number of esters is 1. The van der Waals surface area contributed by atoms with Crippen molar-refractivity contribution in [2.75, 3.05) is 26.1 Å². The van der Waals surface area contributed by atoms with E-state index in [1.54, 1.807) is 18.2 Å². The van der Waals surface area contributed by atoms with E-state index in [1.165, 1.54) is 32.4 Å². The van der Waals surface area contributed by atoms with E-state index in [0.29, 0.717) is 22.7 Å². The van der Waals surface area contributed by atoms with Crippen LogP contribution in [0.3, 0.4) is 0 Å². The summed E-state index contributed by atoms with van der Waals surface area (Å²) in [5.41, 5.74) is -0.0199. The first kappa shape index (κ1) is 21.8. The van der Waals surface area contributed by atoms with Crippen molar-refractivity contribution >= 4 is 23.6 Å². The summed E-state index contributed by atoms with van der Waals surface area (Å²) >= 11 is 0. The van der Waals surface area contributed by atoms with Gasteiger partial charge < -0.3 is 19.5 Å². The van der Waals surface area contributed by atoms with Crippen LogP contribution in [0.2, 0.25) is 0 Å². The summed E-state index contributed by atoms with van der Waals surface area (Å²) in [7, 11) is 2.93. The second-order valence-electron chi connectivity index (χ2n) is 5.71. The summed E-state index contributed by atoms with van der Waals surface area (Å²) in [6, 6.07) is 8.99. The number of benzene rings is 2. The minimum absolute atomic E-state index is 0.378. The van der Waals surface area contributed by atoms with Crippen LogP contribution < -0.4 is 14.8 Å². The Morgan fingerprint density at radius 2 is 1.59 bits per heavy atom. The molecule has 154 valence electrons. The number of carbonyl (C=O) groups is 2. The molecule has 2 rings (SSSR count). The summed E-state index contributed by atoms with van der Waals surface area (Å²) in [6.45, 7) is -0.546. The second kappa shape index (κ2) is 9.63. The van der Waals surface area contributed by atoms with Gasteiger partial charge in [-0.3, -0.25) is 4.79 Å². The highest BCUT2D eigenvalue weighted by molar-refractivity contribution is 5.95. The summed E-state index contributed by atoms with van der Waals surface area (Å²) in [5, 5.41) is 2.53. The molecule has 1 N–H and O–H groups in total. The minimum Gasteiger partial charge on any atom is -0.497 e. The van der Waals surface area contributed by atoms with Crippen LogP contribution in [-0.2, 0) is 20.5 Å². The molecular weight excluding hydrogens is 391 g/mol. The standard InChI is InChI=1S/C20H18F3NO5/c1-27-16-9-15(10-17(11-16)28-2)24-18(25)12-29-19(26)8-5-13-3-6-14(7-4-13)20(21,22)23/h3-11H,12H2,1-2H3,(H,24,25)/b8-5+. The van der Waals surface area contributed by atoms with Gasteiger partial charge in [0.25, 0.3) is 5.91 Å². The lowest BCUT2D eigenvalue weighted by atomic mass is 10.1. The van der Waals surface area contributed by atoms with Crippen LogP contribution in [0, 0.1) is 0 Å². The smallest absolute Gasteiger partial charge is 0.416 e. The van der Waals surface area contributed by atoms with Crippen molar-refractivity contribution in [3.8, 4) is 11.5 Å². The number of alkyl halides is 3. The zero-order chi connectivity index (χ0) is 21.4. The SMILES string of the molecule is COc1cc(NC(=O)COC(=O)/C=C/c2ccc(C(F)(F)F)cc2)cc(OC)c1. The lowest BCUT2D eigenvalue weighted by Gasteiger charge is -2.09. The molecule has 0 aliphatic heterocycles. The highest BCUT2D eigenvalue weighted by atomic mass is 19.4. The lowest BCUT2D eigenvalue weighted by molar-refractivity contribution is -0.142. The molecule has 0 spiro atoms. The van der Waals surface area contributed by atoms with Crippen LogP contribution >= 0.6 is 0 Å². The number of methoxy groups -OCH3 is 2. The highest BCUT2D eigenvalue weighted by Gasteiger charge is 2.29. The first-order chi connectivity index (χ1) is 13.7. The topological polar surface area (TPSA) is 73.9 Å². The number of amides is 1. The monoisotopic (exact) mass is 409 g/mol. The normalized spacial score (nSPS) is 11.2.